The van der Waals surface area contributed by atoms with E-state index in [9.17, 15) is 0 Å². The van der Waals surface area contributed by atoms with Crippen molar-refractivity contribution in [2.24, 2.45) is 7.05 Å². The van der Waals surface area contributed by atoms with E-state index in [0.717, 1.165) is 24.5 Å². The van der Waals surface area contributed by atoms with Crippen LogP contribution in [0.5, 0.6) is 0 Å². The quantitative estimate of drug-likeness (QED) is 0.894. The van der Waals surface area contributed by atoms with Crippen LogP contribution < -0.4 is 5.32 Å². The van der Waals surface area contributed by atoms with Gasteiger partial charge in [0.15, 0.2) is 0 Å². The van der Waals surface area contributed by atoms with Crippen molar-refractivity contribution < 1.29 is 0 Å². The third kappa shape index (κ3) is 2.15. The molecule has 0 radical (unpaired) electrons. The largest absolute Gasteiger partial charge is 0.331 e. The standard InChI is InChI=1S/C15H21N3/c1-10-8-11(2)15-13(9-10)17-14(18(15)3)6-7-16-12-4-5-12/h8-9,12,16H,4-7H2,1-3H3. The number of aromatic nitrogens is 2. The van der Waals surface area contributed by atoms with E-state index in [-0.39, 0.29) is 0 Å². The average Bonchev–Trinajstić information content (AvgIpc) is 3.05. The minimum absolute atomic E-state index is 0.781. The Bertz CT molecular complexity index is 579. The molecule has 3 heteroatoms. The molecule has 1 saturated carbocycles. The Hall–Kier alpha value is -1.35. The van der Waals surface area contributed by atoms with E-state index in [4.69, 9.17) is 4.98 Å². The first-order valence-electron chi connectivity index (χ1n) is 6.81. The van der Waals surface area contributed by atoms with Crippen LogP contribution in [0.2, 0.25) is 0 Å². The van der Waals surface area contributed by atoms with Crippen LogP contribution in [0.1, 0.15) is 29.8 Å². The number of benzene rings is 1. The first kappa shape index (κ1) is 11.7. The highest BCUT2D eigenvalue weighted by Crippen LogP contribution is 2.22. The average molecular weight is 243 g/mol. The molecular formula is C15H21N3. The lowest BCUT2D eigenvalue weighted by molar-refractivity contribution is 0.654. The van der Waals surface area contributed by atoms with E-state index in [2.05, 4.69) is 42.9 Å². The second kappa shape index (κ2) is 4.39. The van der Waals surface area contributed by atoms with Gasteiger partial charge in [-0.25, -0.2) is 4.98 Å². The van der Waals surface area contributed by atoms with Crippen LogP contribution in [-0.4, -0.2) is 22.1 Å². The summed E-state index contributed by atoms with van der Waals surface area (Å²) < 4.78 is 2.25. The zero-order valence-electron chi connectivity index (χ0n) is 11.5. The Morgan fingerprint density at radius 2 is 2.11 bits per heavy atom. The van der Waals surface area contributed by atoms with Crippen molar-refractivity contribution in [3.63, 3.8) is 0 Å². The van der Waals surface area contributed by atoms with Crippen molar-refractivity contribution >= 4 is 11.0 Å². The third-order valence-corrected chi connectivity index (χ3v) is 3.76. The zero-order valence-corrected chi connectivity index (χ0v) is 11.5. The first-order valence-corrected chi connectivity index (χ1v) is 6.81. The van der Waals surface area contributed by atoms with Gasteiger partial charge in [0.05, 0.1) is 11.0 Å². The van der Waals surface area contributed by atoms with E-state index in [1.807, 2.05) is 0 Å². The van der Waals surface area contributed by atoms with Gasteiger partial charge in [0.2, 0.25) is 0 Å². The van der Waals surface area contributed by atoms with E-state index < -0.39 is 0 Å². The maximum atomic E-state index is 4.77. The SMILES string of the molecule is Cc1cc(C)c2c(c1)nc(CCNC1CC1)n2C. The predicted molar refractivity (Wildman–Crippen MR) is 74.9 cm³/mol. The van der Waals surface area contributed by atoms with Gasteiger partial charge in [0.25, 0.3) is 0 Å². The van der Waals surface area contributed by atoms with Gasteiger partial charge in [0, 0.05) is 26.1 Å². The number of nitrogens with one attached hydrogen (secondary N) is 1. The molecule has 1 aliphatic carbocycles. The molecule has 3 nitrogen and oxygen atoms in total. The van der Waals surface area contributed by atoms with Crippen LogP contribution >= 0.6 is 0 Å². The van der Waals surface area contributed by atoms with Crippen molar-refractivity contribution in [3.05, 3.63) is 29.1 Å². The lowest BCUT2D eigenvalue weighted by atomic mass is 10.1. The van der Waals surface area contributed by atoms with Gasteiger partial charge in [-0.05, 0) is 43.9 Å². The number of hydrogen-bond donors (Lipinski definition) is 1. The third-order valence-electron chi connectivity index (χ3n) is 3.76. The van der Waals surface area contributed by atoms with Crippen LogP contribution in [0.3, 0.4) is 0 Å². The summed E-state index contributed by atoms with van der Waals surface area (Å²) in [6, 6.07) is 5.19. The monoisotopic (exact) mass is 243 g/mol. The maximum Gasteiger partial charge on any atom is 0.110 e. The molecule has 1 aliphatic rings. The normalized spacial score (nSPS) is 15.5. The number of rotatable bonds is 4. The van der Waals surface area contributed by atoms with Crippen molar-refractivity contribution in [3.8, 4) is 0 Å². The second-order valence-corrected chi connectivity index (χ2v) is 5.51. The number of imidazole rings is 1. The Balaban J connectivity index is 1.87. The number of hydrogen-bond acceptors (Lipinski definition) is 2. The Kier molecular flexibility index (Phi) is 2.86. The second-order valence-electron chi connectivity index (χ2n) is 5.51. The summed E-state index contributed by atoms with van der Waals surface area (Å²) in [7, 11) is 2.13. The molecule has 18 heavy (non-hydrogen) atoms. The summed E-state index contributed by atoms with van der Waals surface area (Å²) >= 11 is 0. The van der Waals surface area contributed by atoms with Gasteiger partial charge in [-0.1, -0.05) is 6.07 Å². The van der Waals surface area contributed by atoms with Gasteiger partial charge >= 0.3 is 0 Å². The highest BCUT2D eigenvalue weighted by atomic mass is 15.1. The Morgan fingerprint density at radius 3 is 2.83 bits per heavy atom. The highest BCUT2D eigenvalue weighted by Gasteiger charge is 2.20. The summed E-state index contributed by atoms with van der Waals surface area (Å²) in [5.41, 5.74) is 5.03. The molecule has 0 saturated heterocycles. The summed E-state index contributed by atoms with van der Waals surface area (Å²) in [5.74, 6) is 1.19. The highest BCUT2D eigenvalue weighted by molar-refractivity contribution is 5.80. The Labute approximate surface area is 108 Å². The van der Waals surface area contributed by atoms with Gasteiger partial charge in [-0.3, -0.25) is 0 Å². The van der Waals surface area contributed by atoms with Gasteiger partial charge < -0.3 is 9.88 Å². The molecule has 0 aliphatic heterocycles. The van der Waals surface area contributed by atoms with E-state index in [1.54, 1.807) is 0 Å². The molecule has 0 amide bonds. The molecule has 1 N–H and O–H groups in total. The van der Waals surface area contributed by atoms with E-state index in [0.29, 0.717) is 0 Å². The molecule has 0 unspecified atom stereocenters. The van der Waals surface area contributed by atoms with Crippen LogP contribution in [0.25, 0.3) is 11.0 Å². The first-order chi connectivity index (χ1) is 8.65. The van der Waals surface area contributed by atoms with Crippen molar-refractivity contribution in [1.82, 2.24) is 14.9 Å². The summed E-state index contributed by atoms with van der Waals surface area (Å²) in [6.45, 7) is 5.35. The summed E-state index contributed by atoms with van der Waals surface area (Å²) in [4.78, 5) is 4.77. The smallest absolute Gasteiger partial charge is 0.110 e. The Morgan fingerprint density at radius 1 is 1.33 bits per heavy atom. The van der Waals surface area contributed by atoms with E-state index >= 15 is 0 Å². The molecule has 2 aromatic rings. The lowest BCUT2D eigenvalue weighted by Gasteiger charge is -2.05. The minimum Gasteiger partial charge on any atom is -0.331 e. The molecule has 0 atom stereocenters. The molecule has 0 bridgehead atoms. The fourth-order valence-corrected chi connectivity index (χ4v) is 2.70. The van der Waals surface area contributed by atoms with Crippen molar-refractivity contribution in [2.75, 3.05) is 6.54 Å². The van der Waals surface area contributed by atoms with Crippen LogP contribution in [0.15, 0.2) is 12.1 Å². The van der Waals surface area contributed by atoms with Gasteiger partial charge in [-0.2, -0.15) is 0 Å². The number of fused-ring (bicyclic) bond motifs is 1. The fourth-order valence-electron chi connectivity index (χ4n) is 2.70. The minimum atomic E-state index is 0.781. The van der Waals surface area contributed by atoms with Crippen molar-refractivity contribution in [1.29, 1.82) is 0 Å². The predicted octanol–water partition coefficient (Wildman–Crippen LogP) is 2.48. The van der Waals surface area contributed by atoms with Crippen LogP contribution in [0.4, 0.5) is 0 Å². The molecule has 1 aromatic carbocycles. The van der Waals surface area contributed by atoms with Crippen LogP contribution in [-0.2, 0) is 13.5 Å². The topological polar surface area (TPSA) is 29.9 Å². The molecule has 0 spiro atoms. The molecule has 1 fully saturated rings. The van der Waals surface area contributed by atoms with Crippen LogP contribution in [0, 0.1) is 13.8 Å². The van der Waals surface area contributed by atoms with Gasteiger partial charge in [0.1, 0.15) is 5.82 Å². The lowest BCUT2D eigenvalue weighted by Crippen LogP contribution is -2.20. The fraction of sp³-hybridized carbons (Fsp3) is 0.533. The molecule has 1 aromatic heterocycles. The van der Waals surface area contributed by atoms with Crippen molar-refractivity contribution in [2.45, 2.75) is 39.2 Å². The number of nitrogens with zero attached hydrogens (tertiary/aromatic N) is 2. The molecule has 1 heterocycles. The maximum absolute atomic E-state index is 4.77. The summed E-state index contributed by atoms with van der Waals surface area (Å²) in [5, 5.41) is 3.55. The molecular weight excluding hydrogens is 222 g/mol. The van der Waals surface area contributed by atoms with E-state index in [1.165, 1.54) is 35.3 Å². The molecule has 96 valence electrons. The zero-order chi connectivity index (χ0) is 12.7. The molecule has 3 rings (SSSR count). The van der Waals surface area contributed by atoms with Gasteiger partial charge in [-0.15, -0.1) is 0 Å². The number of aryl methyl sites for hydroxylation is 3. The summed E-state index contributed by atoms with van der Waals surface area (Å²) in [6.07, 6.45) is 3.71.